The average Bonchev–Trinajstić information content (AvgIpc) is 3.17. The fourth-order valence-electron chi connectivity index (χ4n) is 2.98. The molecule has 3 aromatic rings. The van der Waals surface area contributed by atoms with E-state index in [0.717, 1.165) is 43.8 Å². The van der Waals surface area contributed by atoms with Crippen LogP contribution in [0, 0.1) is 0 Å². The van der Waals surface area contributed by atoms with Gasteiger partial charge in [0.05, 0.1) is 35.8 Å². The molecule has 0 aliphatic rings. The Hall–Kier alpha value is -2.45. The number of nitrogens with one attached hydrogen (secondary N) is 1. The minimum absolute atomic E-state index is 0.00442. The van der Waals surface area contributed by atoms with Crippen LogP contribution in [0.3, 0.4) is 0 Å². The Morgan fingerprint density at radius 2 is 1.77 bits per heavy atom. The molecule has 0 saturated heterocycles. The Morgan fingerprint density at radius 1 is 1.00 bits per heavy atom. The summed E-state index contributed by atoms with van der Waals surface area (Å²) < 4.78 is 18.7. The van der Waals surface area contributed by atoms with Gasteiger partial charge in [-0.2, -0.15) is 0 Å². The number of hydrogen-bond donors (Lipinski definition) is 1. The van der Waals surface area contributed by atoms with Crippen LogP contribution < -0.4 is 19.5 Å². The lowest BCUT2D eigenvalue weighted by atomic mass is 10.1. The van der Waals surface area contributed by atoms with Gasteiger partial charge < -0.3 is 19.5 Å². The maximum atomic E-state index is 12.3. The van der Waals surface area contributed by atoms with Crippen molar-refractivity contribution in [2.45, 2.75) is 31.5 Å². The van der Waals surface area contributed by atoms with Crippen molar-refractivity contribution in [2.24, 2.45) is 0 Å². The topological polar surface area (TPSA) is 69.7 Å². The fraction of sp³-hybridized carbons (Fsp3) is 0.391. The molecule has 6 nitrogen and oxygen atoms in total. The second-order valence-electron chi connectivity index (χ2n) is 6.58. The van der Waals surface area contributed by atoms with E-state index in [1.54, 1.807) is 11.3 Å². The minimum atomic E-state index is -0.00442. The molecule has 166 valence electrons. The maximum Gasteiger partial charge on any atom is 0.230 e. The highest BCUT2D eigenvalue weighted by atomic mass is 32.2. The summed E-state index contributed by atoms with van der Waals surface area (Å²) in [5.41, 5.74) is 2.02. The summed E-state index contributed by atoms with van der Waals surface area (Å²) in [7, 11) is 0. The fourth-order valence-corrected chi connectivity index (χ4v) is 4.90. The summed E-state index contributed by atoms with van der Waals surface area (Å²) in [4.78, 5) is 16.8. The summed E-state index contributed by atoms with van der Waals surface area (Å²) in [6, 6.07) is 11.8. The molecular formula is C23H28N2O4S2. The molecule has 1 heterocycles. The molecule has 0 bridgehead atoms. The standard InChI is InChI=1S/C23H28N2O4S2/c1-4-27-17-8-9-18-21(14-17)31-23(25-18)30-15-22(26)24-12-11-16-7-10-19(28-5-2)20(13-16)29-6-3/h7-10,13-14H,4-6,11-12,15H2,1-3H3,(H,24,26). The first-order valence-corrected chi connectivity index (χ1v) is 12.2. The van der Waals surface area contributed by atoms with Gasteiger partial charge in [-0.05, 0) is 63.1 Å². The van der Waals surface area contributed by atoms with Gasteiger partial charge in [0.25, 0.3) is 0 Å². The SMILES string of the molecule is CCOc1ccc2nc(SCC(=O)NCCc3ccc(OCC)c(OCC)c3)sc2c1. The first kappa shape index (κ1) is 23.2. The lowest BCUT2D eigenvalue weighted by Gasteiger charge is -2.12. The van der Waals surface area contributed by atoms with E-state index in [1.807, 2.05) is 57.2 Å². The first-order chi connectivity index (χ1) is 15.1. The van der Waals surface area contributed by atoms with Crippen molar-refractivity contribution >= 4 is 39.2 Å². The molecule has 0 radical (unpaired) electrons. The lowest BCUT2D eigenvalue weighted by molar-refractivity contribution is -0.118. The van der Waals surface area contributed by atoms with Gasteiger partial charge in [0, 0.05) is 6.54 Å². The molecule has 2 aromatic carbocycles. The molecule has 1 amide bonds. The van der Waals surface area contributed by atoms with Crippen LogP contribution in [0.5, 0.6) is 17.2 Å². The second kappa shape index (κ2) is 11.8. The lowest BCUT2D eigenvalue weighted by Crippen LogP contribution is -2.27. The van der Waals surface area contributed by atoms with E-state index in [4.69, 9.17) is 14.2 Å². The third-order valence-corrected chi connectivity index (χ3v) is 6.48. The van der Waals surface area contributed by atoms with Crippen LogP contribution in [-0.2, 0) is 11.2 Å². The Kier molecular flexibility index (Phi) is 8.85. The molecule has 0 aliphatic heterocycles. The van der Waals surface area contributed by atoms with Crippen molar-refractivity contribution in [1.29, 1.82) is 0 Å². The van der Waals surface area contributed by atoms with Crippen LogP contribution in [0.15, 0.2) is 40.7 Å². The number of rotatable bonds is 12. The molecule has 0 spiro atoms. The van der Waals surface area contributed by atoms with E-state index in [0.29, 0.717) is 32.1 Å². The zero-order chi connectivity index (χ0) is 22.1. The third kappa shape index (κ3) is 6.77. The van der Waals surface area contributed by atoms with Crippen molar-refractivity contribution in [3.8, 4) is 17.2 Å². The molecule has 0 fully saturated rings. The van der Waals surface area contributed by atoms with Gasteiger partial charge in [0.1, 0.15) is 5.75 Å². The predicted octanol–water partition coefficient (Wildman–Crippen LogP) is 4.94. The van der Waals surface area contributed by atoms with E-state index in [1.165, 1.54) is 11.8 Å². The Labute approximate surface area is 191 Å². The number of carbonyl (C=O) groups is 1. The van der Waals surface area contributed by atoms with E-state index < -0.39 is 0 Å². The van der Waals surface area contributed by atoms with Gasteiger partial charge in [0.2, 0.25) is 5.91 Å². The summed E-state index contributed by atoms with van der Waals surface area (Å²) >= 11 is 3.03. The molecule has 0 aliphatic carbocycles. The second-order valence-corrected chi connectivity index (χ2v) is 8.83. The molecule has 1 N–H and O–H groups in total. The monoisotopic (exact) mass is 460 g/mol. The number of nitrogens with zero attached hydrogens (tertiary/aromatic N) is 1. The number of thiazole rings is 1. The molecule has 8 heteroatoms. The van der Waals surface area contributed by atoms with Crippen molar-refractivity contribution in [1.82, 2.24) is 10.3 Å². The van der Waals surface area contributed by atoms with Crippen LogP contribution >= 0.6 is 23.1 Å². The number of amides is 1. The minimum Gasteiger partial charge on any atom is -0.494 e. The van der Waals surface area contributed by atoms with Crippen LogP contribution in [-0.4, -0.2) is 43.0 Å². The van der Waals surface area contributed by atoms with Crippen LogP contribution in [0.25, 0.3) is 10.2 Å². The Bertz CT molecular complexity index is 1010. The van der Waals surface area contributed by atoms with Gasteiger partial charge in [-0.3, -0.25) is 4.79 Å². The van der Waals surface area contributed by atoms with Gasteiger partial charge in [-0.15, -0.1) is 11.3 Å². The number of carbonyl (C=O) groups excluding carboxylic acids is 1. The van der Waals surface area contributed by atoms with Crippen molar-refractivity contribution in [3.63, 3.8) is 0 Å². The van der Waals surface area contributed by atoms with Crippen molar-refractivity contribution in [2.75, 3.05) is 32.1 Å². The van der Waals surface area contributed by atoms with Gasteiger partial charge >= 0.3 is 0 Å². The van der Waals surface area contributed by atoms with Gasteiger partial charge in [0.15, 0.2) is 15.8 Å². The molecule has 0 atom stereocenters. The first-order valence-electron chi connectivity index (χ1n) is 10.4. The number of hydrogen-bond acceptors (Lipinski definition) is 7. The Morgan fingerprint density at radius 3 is 2.55 bits per heavy atom. The number of ether oxygens (including phenoxy) is 3. The normalized spacial score (nSPS) is 10.8. The van der Waals surface area contributed by atoms with Crippen LogP contribution in [0.2, 0.25) is 0 Å². The number of thioether (sulfide) groups is 1. The quantitative estimate of drug-likeness (QED) is 0.386. The highest BCUT2D eigenvalue weighted by Gasteiger charge is 2.10. The molecule has 31 heavy (non-hydrogen) atoms. The summed E-state index contributed by atoms with van der Waals surface area (Å²) in [5.74, 6) is 2.67. The Balaban J connectivity index is 1.47. The highest BCUT2D eigenvalue weighted by molar-refractivity contribution is 8.01. The molecule has 1 aromatic heterocycles. The van der Waals surface area contributed by atoms with Gasteiger partial charge in [-0.1, -0.05) is 17.8 Å². The van der Waals surface area contributed by atoms with Crippen LogP contribution in [0.4, 0.5) is 0 Å². The van der Waals surface area contributed by atoms with Crippen molar-refractivity contribution in [3.05, 3.63) is 42.0 Å². The summed E-state index contributed by atoms with van der Waals surface area (Å²) in [6.07, 6.45) is 0.726. The van der Waals surface area contributed by atoms with E-state index in [-0.39, 0.29) is 5.91 Å². The molecular weight excluding hydrogens is 432 g/mol. The van der Waals surface area contributed by atoms with Crippen molar-refractivity contribution < 1.29 is 19.0 Å². The zero-order valence-corrected chi connectivity index (χ0v) is 19.7. The summed E-state index contributed by atoms with van der Waals surface area (Å²) in [6.45, 7) is 8.23. The molecule has 0 unspecified atom stereocenters. The largest absolute Gasteiger partial charge is 0.494 e. The highest BCUT2D eigenvalue weighted by Crippen LogP contribution is 2.32. The zero-order valence-electron chi connectivity index (χ0n) is 18.1. The summed E-state index contributed by atoms with van der Waals surface area (Å²) in [5, 5.41) is 2.98. The van der Waals surface area contributed by atoms with Crippen LogP contribution in [0.1, 0.15) is 26.3 Å². The van der Waals surface area contributed by atoms with E-state index in [9.17, 15) is 4.79 Å². The predicted molar refractivity (Wildman–Crippen MR) is 127 cm³/mol. The molecule has 3 rings (SSSR count). The van der Waals surface area contributed by atoms with Gasteiger partial charge in [-0.25, -0.2) is 4.98 Å². The number of aromatic nitrogens is 1. The number of fused-ring (bicyclic) bond motifs is 1. The number of benzene rings is 2. The molecule has 0 saturated carbocycles. The van der Waals surface area contributed by atoms with E-state index >= 15 is 0 Å². The van der Waals surface area contributed by atoms with E-state index in [2.05, 4.69) is 10.3 Å². The maximum absolute atomic E-state index is 12.3. The average molecular weight is 461 g/mol. The third-order valence-electron chi connectivity index (χ3n) is 4.32. The smallest absolute Gasteiger partial charge is 0.230 e.